The van der Waals surface area contributed by atoms with Gasteiger partial charge in [-0.25, -0.2) is 0 Å². The first-order valence-corrected chi connectivity index (χ1v) is 10.3. The van der Waals surface area contributed by atoms with Gasteiger partial charge in [-0.3, -0.25) is 14.5 Å². The van der Waals surface area contributed by atoms with Gasteiger partial charge in [0.25, 0.3) is 11.8 Å². The summed E-state index contributed by atoms with van der Waals surface area (Å²) in [6, 6.07) is 7.22. The summed E-state index contributed by atoms with van der Waals surface area (Å²) in [7, 11) is 1.59. The van der Waals surface area contributed by atoms with Crippen molar-refractivity contribution in [1.29, 1.82) is 0 Å². The van der Waals surface area contributed by atoms with E-state index in [2.05, 4.69) is 0 Å². The van der Waals surface area contributed by atoms with E-state index >= 15 is 0 Å². The van der Waals surface area contributed by atoms with Crippen LogP contribution in [0, 0.1) is 5.92 Å². The lowest BCUT2D eigenvalue weighted by Gasteiger charge is -2.34. The molecule has 3 rings (SSSR count). The van der Waals surface area contributed by atoms with E-state index in [-0.39, 0.29) is 24.3 Å². The molecule has 0 radical (unpaired) electrons. The maximum absolute atomic E-state index is 13.3. The minimum Gasteiger partial charge on any atom is -0.497 e. The number of hydrogen-bond acceptors (Lipinski definition) is 6. The normalized spacial score (nSPS) is 20.0. The summed E-state index contributed by atoms with van der Waals surface area (Å²) in [5.41, 5.74) is 1.60. The van der Waals surface area contributed by atoms with Crippen LogP contribution < -0.4 is 4.74 Å². The largest absolute Gasteiger partial charge is 0.497 e. The summed E-state index contributed by atoms with van der Waals surface area (Å²) < 4.78 is 10.6. The minimum atomic E-state index is -0.266. The molecule has 1 N–H and O–H groups in total. The molecule has 0 aliphatic carbocycles. The zero-order chi connectivity index (χ0) is 20.8. The Morgan fingerprint density at radius 2 is 1.93 bits per heavy atom. The number of aliphatic hydroxyl groups is 1. The second-order valence-electron chi connectivity index (χ2n) is 7.40. The first kappa shape index (κ1) is 21.3. The number of ether oxygens (including phenoxy) is 2. The lowest BCUT2D eigenvalue weighted by atomic mass is 9.97. The number of aliphatic hydroxyl groups excluding tert-OH is 1. The molecule has 0 bridgehead atoms. The van der Waals surface area contributed by atoms with Crippen molar-refractivity contribution >= 4 is 17.4 Å². The van der Waals surface area contributed by atoms with E-state index in [4.69, 9.17) is 9.47 Å². The van der Waals surface area contributed by atoms with E-state index in [0.717, 1.165) is 12.8 Å². The minimum absolute atomic E-state index is 0.0852. The number of likely N-dealkylation sites (tertiary alicyclic amines) is 1. The van der Waals surface area contributed by atoms with Crippen molar-refractivity contribution in [2.45, 2.75) is 26.2 Å². The first-order valence-electron chi connectivity index (χ1n) is 10.3. The van der Waals surface area contributed by atoms with Gasteiger partial charge in [0.15, 0.2) is 0 Å². The van der Waals surface area contributed by atoms with Gasteiger partial charge in [0.05, 0.1) is 12.7 Å². The number of amides is 2. The van der Waals surface area contributed by atoms with Crippen LogP contribution in [0.3, 0.4) is 0 Å². The second-order valence-corrected chi connectivity index (χ2v) is 7.40. The highest BCUT2D eigenvalue weighted by atomic mass is 16.5. The van der Waals surface area contributed by atoms with Crippen molar-refractivity contribution in [2.75, 3.05) is 46.6 Å². The number of carbonyl (C=O) groups excluding carboxylic acids is 2. The molecule has 29 heavy (non-hydrogen) atoms. The van der Waals surface area contributed by atoms with Crippen LogP contribution in [0.15, 0.2) is 30.0 Å². The molecular formula is C22H30N2O5. The number of carbonyl (C=O) groups is 2. The van der Waals surface area contributed by atoms with Crippen LogP contribution in [0.2, 0.25) is 0 Å². The molecule has 1 unspecified atom stereocenters. The number of methoxy groups -OCH3 is 1. The molecule has 7 heteroatoms. The Labute approximate surface area is 171 Å². The van der Waals surface area contributed by atoms with Crippen LogP contribution in [0.1, 0.15) is 31.7 Å². The quantitative estimate of drug-likeness (QED) is 0.502. The topological polar surface area (TPSA) is 79.3 Å². The van der Waals surface area contributed by atoms with Gasteiger partial charge in [-0.15, -0.1) is 0 Å². The van der Waals surface area contributed by atoms with Gasteiger partial charge in [-0.1, -0.05) is 12.1 Å². The zero-order valence-corrected chi connectivity index (χ0v) is 17.2. The van der Waals surface area contributed by atoms with Gasteiger partial charge in [-0.05, 0) is 49.8 Å². The van der Waals surface area contributed by atoms with Gasteiger partial charge >= 0.3 is 0 Å². The molecule has 0 saturated carbocycles. The molecule has 2 aliphatic rings. The first-order chi connectivity index (χ1) is 14.1. The highest BCUT2D eigenvalue weighted by Gasteiger charge is 2.42. The predicted octanol–water partition coefficient (Wildman–Crippen LogP) is 1.91. The lowest BCUT2D eigenvalue weighted by molar-refractivity contribution is -0.137. The Balaban J connectivity index is 1.92. The molecule has 0 spiro atoms. The Hall–Kier alpha value is -2.38. The Morgan fingerprint density at radius 1 is 1.17 bits per heavy atom. The van der Waals surface area contributed by atoms with Crippen LogP contribution in [0.5, 0.6) is 5.75 Å². The number of rotatable bonds is 9. The van der Waals surface area contributed by atoms with E-state index in [1.807, 2.05) is 24.0 Å². The molecule has 0 aromatic heterocycles. The van der Waals surface area contributed by atoms with E-state index in [1.165, 1.54) is 4.90 Å². The summed E-state index contributed by atoms with van der Waals surface area (Å²) >= 11 is 0. The molecule has 1 atom stereocenters. The Bertz CT molecular complexity index is 759. The van der Waals surface area contributed by atoms with Crippen molar-refractivity contribution in [3.63, 3.8) is 0 Å². The van der Waals surface area contributed by atoms with E-state index in [1.54, 1.807) is 19.2 Å². The fourth-order valence-electron chi connectivity index (χ4n) is 3.96. The van der Waals surface area contributed by atoms with Crippen molar-refractivity contribution in [3.05, 3.63) is 35.5 Å². The standard InChI is InChI=1S/C22H30N2O5/c1-3-29-13-5-12-24-21(26)19(17-7-9-18(28-2)10-8-17)20(22(24)27)23-11-4-6-16(14-23)15-25/h7-10,16,25H,3-6,11-15H2,1-2H3. The third-order valence-corrected chi connectivity index (χ3v) is 5.49. The average Bonchev–Trinajstić information content (AvgIpc) is 3.01. The SMILES string of the molecule is CCOCCCN1C(=O)C(c2ccc(OC)cc2)=C(N2CCCC(CO)C2)C1=O. The lowest BCUT2D eigenvalue weighted by Crippen LogP contribution is -2.40. The maximum Gasteiger partial charge on any atom is 0.277 e. The third kappa shape index (κ3) is 4.62. The third-order valence-electron chi connectivity index (χ3n) is 5.49. The molecule has 2 aliphatic heterocycles. The van der Waals surface area contributed by atoms with Gasteiger partial charge in [0.1, 0.15) is 11.4 Å². The van der Waals surface area contributed by atoms with Crippen molar-refractivity contribution < 1.29 is 24.2 Å². The van der Waals surface area contributed by atoms with Crippen LogP contribution >= 0.6 is 0 Å². The summed E-state index contributed by atoms with van der Waals surface area (Å²) in [6.45, 7) is 4.74. The van der Waals surface area contributed by atoms with Gasteiger partial charge in [0, 0.05) is 39.5 Å². The molecule has 1 aromatic carbocycles. The van der Waals surface area contributed by atoms with E-state index in [9.17, 15) is 14.7 Å². The van der Waals surface area contributed by atoms with Crippen LogP contribution in [0.25, 0.3) is 5.57 Å². The smallest absolute Gasteiger partial charge is 0.277 e. The maximum atomic E-state index is 13.3. The van der Waals surface area contributed by atoms with Crippen molar-refractivity contribution in [3.8, 4) is 5.75 Å². The van der Waals surface area contributed by atoms with Gasteiger partial charge < -0.3 is 19.5 Å². The summed E-state index contributed by atoms with van der Waals surface area (Å²) in [6.07, 6.45) is 2.42. The van der Waals surface area contributed by atoms with E-state index < -0.39 is 0 Å². The zero-order valence-electron chi connectivity index (χ0n) is 17.2. The van der Waals surface area contributed by atoms with Gasteiger partial charge in [-0.2, -0.15) is 0 Å². The Morgan fingerprint density at radius 3 is 2.59 bits per heavy atom. The number of imide groups is 1. The molecule has 1 aromatic rings. The summed E-state index contributed by atoms with van der Waals surface area (Å²) in [5.74, 6) is 0.288. The molecule has 158 valence electrons. The van der Waals surface area contributed by atoms with E-state index in [0.29, 0.717) is 61.9 Å². The molecule has 2 amide bonds. The number of benzene rings is 1. The second kappa shape index (κ2) is 9.89. The Kier molecular flexibility index (Phi) is 7.28. The summed E-state index contributed by atoms with van der Waals surface area (Å²) in [4.78, 5) is 29.8. The van der Waals surface area contributed by atoms with Crippen LogP contribution in [-0.2, 0) is 14.3 Å². The van der Waals surface area contributed by atoms with Crippen LogP contribution in [0.4, 0.5) is 0 Å². The molecular weight excluding hydrogens is 372 g/mol. The van der Waals surface area contributed by atoms with Crippen LogP contribution in [-0.4, -0.2) is 73.3 Å². The number of hydrogen-bond donors (Lipinski definition) is 1. The summed E-state index contributed by atoms with van der Waals surface area (Å²) in [5, 5.41) is 9.60. The molecule has 2 heterocycles. The average molecular weight is 402 g/mol. The molecule has 7 nitrogen and oxygen atoms in total. The fourth-order valence-corrected chi connectivity index (χ4v) is 3.96. The van der Waals surface area contributed by atoms with Crippen molar-refractivity contribution in [2.24, 2.45) is 5.92 Å². The highest BCUT2D eigenvalue weighted by Crippen LogP contribution is 2.34. The number of nitrogens with zero attached hydrogens (tertiary/aromatic N) is 2. The molecule has 1 saturated heterocycles. The molecule has 1 fully saturated rings. The predicted molar refractivity (Wildman–Crippen MR) is 109 cm³/mol. The monoisotopic (exact) mass is 402 g/mol. The van der Waals surface area contributed by atoms with Crippen molar-refractivity contribution in [1.82, 2.24) is 9.80 Å². The number of piperidine rings is 1. The fraction of sp³-hybridized carbons (Fsp3) is 0.545. The highest BCUT2D eigenvalue weighted by molar-refractivity contribution is 6.35. The van der Waals surface area contributed by atoms with Gasteiger partial charge in [0.2, 0.25) is 0 Å².